The molecular weight excluding hydrogens is 218 g/mol. The number of allylic oxidation sites excluding steroid dienone is 1. The Bertz CT molecular complexity index is 296. The molecule has 2 aliphatic heterocycles. The molecule has 0 aromatic heterocycles. The Balaban J connectivity index is 1.81. The quantitative estimate of drug-likeness (QED) is 0.686. The number of rotatable bonds is 2. The maximum absolute atomic E-state index is 11.8. The lowest BCUT2D eigenvalue weighted by molar-refractivity contribution is -0.132. The number of carbonyl (C=O) groups is 1. The predicted octanol–water partition coefficient (Wildman–Crippen LogP) is 1.56. The van der Waals surface area contributed by atoms with Crippen LogP contribution in [-0.4, -0.2) is 43.4 Å². The highest BCUT2D eigenvalue weighted by Gasteiger charge is 2.31. The first kappa shape index (κ1) is 12.6. The molecular formula is C13H21NO3. The molecule has 2 heterocycles. The van der Waals surface area contributed by atoms with Crippen molar-refractivity contribution in [3.05, 3.63) is 11.6 Å². The van der Waals surface area contributed by atoms with Crippen LogP contribution in [0.15, 0.2) is 11.6 Å². The summed E-state index contributed by atoms with van der Waals surface area (Å²) in [5, 5.41) is 0. The van der Waals surface area contributed by atoms with Gasteiger partial charge in [0, 0.05) is 25.1 Å². The molecule has 2 fully saturated rings. The van der Waals surface area contributed by atoms with Gasteiger partial charge >= 0.3 is 0 Å². The maximum Gasteiger partial charge on any atom is 0.246 e. The maximum atomic E-state index is 11.8. The van der Waals surface area contributed by atoms with Gasteiger partial charge in [0.15, 0.2) is 6.29 Å². The van der Waals surface area contributed by atoms with Crippen molar-refractivity contribution in [2.24, 2.45) is 5.92 Å². The fraction of sp³-hybridized carbons (Fsp3) is 0.769. The van der Waals surface area contributed by atoms with E-state index in [1.807, 2.05) is 18.7 Å². The normalized spacial score (nSPS) is 22.8. The number of ether oxygens (including phenoxy) is 2. The van der Waals surface area contributed by atoms with Crippen LogP contribution < -0.4 is 0 Å². The third-order valence-electron chi connectivity index (χ3n) is 3.30. The topological polar surface area (TPSA) is 38.8 Å². The minimum atomic E-state index is -0.0318. The fourth-order valence-corrected chi connectivity index (χ4v) is 2.38. The van der Waals surface area contributed by atoms with E-state index < -0.39 is 0 Å². The van der Waals surface area contributed by atoms with Crippen molar-refractivity contribution in [2.75, 3.05) is 26.3 Å². The largest absolute Gasteiger partial charge is 0.350 e. The number of hydrogen-bond acceptors (Lipinski definition) is 3. The van der Waals surface area contributed by atoms with Crippen LogP contribution in [0.3, 0.4) is 0 Å². The molecule has 2 aliphatic rings. The zero-order valence-corrected chi connectivity index (χ0v) is 10.6. The van der Waals surface area contributed by atoms with E-state index in [4.69, 9.17) is 9.47 Å². The van der Waals surface area contributed by atoms with Gasteiger partial charge in [-0.25, -0.2) is 0 Å². The smallest absolute Gasteiger partial charge is 0.246 e. The van der Waals surface area contributed by atoms with Gasteiger partial charge in [0.2, 0.25) is 5.91 Å². The van der Waals surface area contributed by atoms with Gasteiger partial charge in [-0.05, 0) is 26.7 Å². The second-order valence-corrected chi connectivity index (χ2v) is 4.99. The van der Waals surface area contributed by atoms with Crippen LogP contribution in [0, 0.1) is 5.92 Å². The van der Waals surface area contributed by atoms with Gasteiger partial charge in [-0.1, -0.05) is 5.57 Å². The summed E-state index contributed by atoms with van der Waals surface area (Å²) in [5.74, 6) is 0.588. The van der Waals surface area contributed by atoms with Crippen LogP contribution in [0.25, 0.3) is 0 Å². The third-order valence-corrected chi connectivity index (χ3v) is 3.30. The lowest BCUT2D eigenvalue weighted by Gasteiger charge is -2.33. The summed E-state index contributed by atoms with van der Waals surface area (Å²) >= 11 is 0. The lowest BCUT2D eigenvalue weighted by Crippen LogP contribution is -2.40. The standard InChI is InChI=1S/C13H21NO3/c1-10(2)9-12(15)14-5-3-11(4-6-14)13-16-7-8-17-13/h9,11,13H,3-8H2,1-2H3. The molecule has 0 aromatic rings. The Morgan fingerprint density at radius 1 is 1.18 bits per heavy atom. The molecule has 96 valence electrons. The molecule has 17 heavy (non-hydrogen) atoms. The van der Waals surface area contributed by atoms with Gasteiger partial charge < -0.3 is 14.4 Å². The zero-order chi connectivity index (χ0) is 12.3. The Labute approximate surface area is 103 Å². The van der Waals surface area contributed by atoms with Crippen molar-refractivity contribution in [2.45, 2.75) is 33.0 Å². The van der Waals surface area contributed by atoms with Crippen molar-refractivity contribution in [3.8, 4) is 0 Å². The first-order chi connectivity index (χ1) is 8.16. The molecule has 0 spiro atoms. The first-order valence-electron chi connectivity index (χ1n) is 6.34. The van der Waals surface area contributed by atoms with Gasteiger partial charge in [-0.2, -0.15) is 0 Å². The van der Waals surface area contributed by atoms with Crippen molar-refractivity contribution >= 4 is 5.91 Å². The molecule has 2 rings (SSSR count). The summed E-state index contributed by atoms with van der Waals surface area (Å²) in [6.07, 6.45) is 3.64. The second kappa shape index (κ2) is 5.65. The van der Waals surface area contributed by atoms with E-state index >= 15 is 0 Å². The van der Waals surface area contributed by atoms with E-state index in [-0.39, 0.29) is 12.2 Å². The SMILES string of the molecule is CC(C)=CC(=O)N1CCC(C2OCCO2)CC1. The van der Waals surface area contributed by atoms with E-state index in [2.05, 4.69) is 0 Å². The van der Waals surface area contributed by atoms with Crippen LogP contribution in [0.5, 0.6) is 0 Å². The predicted molar refractivity (Wildman–Crippen MR) is 64.4 cm³/mol. The highest BCUT2D eigenvalue weighted by molar-refractivity contribution is 5.88. The number of hydrogen-bond donors (Lipinski definition) is 0. The Hall–Kier alpha value is -0.870. The highest BCUT2D eigenvalue weighted by Crippen LogP contribution is 2.25. The molecule has 0 unspecified atom stereocenters. The molecule has 0 N–H and O–H groups in total. The van der Waals surface area contributed by atoms with E-state index in [1.54, 1.807) is 6.08 Å². The average molecular weight is 239 g/mol. The Kier molecular flexibility index (Phi) is 4.18. The molecule has 0 aliphatic carbocycles. The van der Waals surface area contributed by atoms with Crippen LogP contribution in [0.1, 0.15) is 26.7 Å². The van der Waals surface area contributed by atoms with Gasteiger partial charge in [-0.3, -0.25) is 4.79 Å². The molecule has 0 saturated carbocycles. The molecule has 4 nitrogen and oxygen atoms in total. The van der Waals surface area contributed by atoms with Crippen LogP contribution in [0.2, 0.25) is 0 Å². The van der Waals surface area contributed by atoms with Crippen molar-refractivity contribution < 1.29 is 14.3 Å². The third kappa shape index (κ3) is 3.30. The summed E-state index contributed by atoms with van der Waals surface area (Å²) in [6, 6.07) is 0. The van der Waals surface area contributed by atoms with Gasteiger partial charge in [0.25, 0.3) is 0 Å². The summed E-state index contributed by atoms with van der Waals surface area (Å²) in [7, 11) is 0. The van der Waals surface area contributed by atoms with E-state index in [0.717, 1.165) is 31.5 Å². The molecule has 0 radical (unpaired) electrons. The van der Waals surface area contributed by atoms with Crippen molar-refractivity contribution in [1.82, 2.24) is 4.90 Å². The zero-order valence-electron chi connectivity index (χ0n) is 10.6. The summed E-state index contributed by atoms with van der Waals surface area (Å²) in [4.78, 5) is 13.7. The number of likely N-dealkylation sites (tertiary alicyclic amines) is 1. The van der Waals surface area contributed by atoms with E-state index in [0.29, 0.717) is 19.1 Å². The summed E-state index contributed by atoms with van der Waals surface area (Å²) in [5.41, 5.74) is 1.06. The lowest BCUT2D eigenvalue weighted by atomic mass is 9.96. The number of amides is 1. The van der Waals surface area contributed by atoms with Crippen LogP contribution in [-0.2, 0) is 14.3 Å². The molecule has 4 heteroatoms. The monoisotopic (exact) mass is 239 g/mol. The number of nitrogens with zero attached hydrogens (tertiary/aromatic N) is 1. The number of piperidine rings is 1. The average Bonchev–Trinajstić information content (AvgIpc) is 2.82. The summed E-state index contributed by atoms with van der Waals surface area (Å²) < 4.78 is 11.0. The van der Waals surface area contributed by atoms with Gasteiger partial charge in [-0.15, -0.1) is 0 Å². The van der Waals surface area contributed by atoms with E-state index in [1.165, 1.54) is 0 Å². The molecule has 0 bridgehead atoms. The highest BCUT2D eigenvalue weighted by atomic mass is 16.7. The van der Waals surface area contributed by atoms with E-state index in [9.17, 15) is 4.79 Å². The van der Waals surface area contributed by atoms with Gasteiger partial charge in [0.1, 0.15) is 0 Å². The first-order valence-corrected chi connectivity index (χ1v) is 6.34. The van der Waals surface area contributed by atoms with Crippen LogP contribution >= 0.6 is 0 Å². The fourth-order valence-electron chi connectivity index (χ4n) is 2.38. The minimum Gasteiger partial charge on any atom is -0.350 e. The molecule has 0 atom stereocenters. The molecule has 0 aromatic carbocycles. The van der Waals surface area contributed by atoms with Crippen LogP contribution in [0.4, 0.5) is 0 Å². The van der Waals surface area contributed by atoms with Crippen molar-refractivity contribution in [3.63, 3.8) is 0 Å². The second-order valence-electron chi connectivity index (χ2n) is 4.99. The minimum absolute atomic E-state index is 0.0318. The Morgan fingerprint density at radius 3 is 2.29 bits per heavy atom. The van der Waals surface area contributed by atoms with Gasteiger partial charge in [0.05, 0.1) is 13.2 Å². The molecule has 2 saturated heterocycles. The summed E-state index contributed by atoms with van der Waals surface area (Å²) in [6.45, 7) is 6.95. The number of carbonyl (C=O) groups excluding carboxylic acids is 1. The molecule has 1 amide bonds. The van der Waals surface area contributed by atoms with Crippen molar-refractivity contribution in [1.29, 1.82) is 0 Å². The Morgan fingerprint density at radius 2 is 1.76 bits per heavy atom.